The number of aliphatic hydroxyl groups excluding tert-OH is 1. The Balaban J connectivity index is 0.00000363. The Bertz CT molecular complexity index is 1060. The third-order valence-electron chi connectivity index (χ3n) is 3.96. The van der Waals surface area contributed by atoms with Gasteiger partial charge in [0.2, 0.25) is 0 Å². The Morgan fingerprint density at radius 3 is 2.28 bits per heavy atom. The smallest absolute Gasteiger partial charge is 0.165 e. The summed E-state index contributed by atoms with van der Waals surface area (Å²) in [7, 11) is 0. The second kappa shape index (κ2) is 11.7. The molecule has 3 aromatic rings. The largest absolute Gasteiger partial charge is 0.489 e. The second-order valence-electron chi connectivity index (χ2n) is 6.86. The van der Waals surface area contributed by atoms with Gasteiger partial charge in [-0.1, -0.05) is 46.1 Å². The molecule has 174 valence electrons. The molecule has 0 bridgehead atoms. The van der Waals surface area contributed by atoms with Crippen LogP contribution >= 0.6 is 58.5 Å². The van der Waals surface area contributed by atoms with E-state index in [1.165, 1.54) is 23.5 Å². The summed E-state index contributed by atoms with van der Waals surface area (Å²) < 4.78 is 25.4. The molecule has 0 fully saturated rings. The second-order valence-corrected chi connectivity index (χ2v) is 9.06. The molecule has 0 saturated carbocycles. The van der Waals surface area contributed by atoms with Gasteiger partial charge in [-0.2, -0.15) is 0 Å². The molecule has 0 saturated heterocycles. The summed E-state index contributed by atoms with van der Waals surface area (Å²) in [4.78, 5) is 0. The number of halogens is 5. The van der Waals surface area contributed by atoms with E-state index in [1.807, 2.05) is 13.8 Å². The lowest BCUT2D eigenvalue weighted by atomic mass is 10.2. The monoisotopic (exact) mass is 541 g/mol. The first-order valence-electron chi connectivity index (χ1n) is 9.17. The Labute approximate surface area is 209 Å². The molecule has 1 aromatic heterocycles. The minimum absolute atomic E-state index is 0. The number of rotatable bonds is 8. The maximum Gasteiger partial charge on any atom is 0.165 e. The molecule has 0 aliphatic rings. The first-order chi connectivity index (χ1) is 14.7. The van der Waals surface area contributed by atoms with E-state index in [1.54, 1.807) is 12.1 Å². The molecule has 0 aliphatic carbocycles. The van der Waals surface area contributed by atoms with Crippen LogP contribution in [0.2, 0.25) is 15.1 Å². The molecule has 32 heavy (non-hydrogen) atoms. The predicted molar refractivity (Wildman–Crippen MR) is 129 cm³/mol. The topological polar surface area (TPSA) is 90.5 Å². The van der Waals surface area contributed by atoms with Crippen LogP contribution < -0.4 is 15.2 Å². The van der Waals surface area contributed by atoms with Gasteiger partial charge in [-0.3, -0.25) is 0 Å². The Morgan fingerprint density at radius 2 is 1.69 bits per heavy atom. The van der Waals surface area contributed by atoms with Crippen LogP contribution in [0.3, 0.4) is 0 Å². The number of benzene rings is 2. The highest BCUT2D eigenvalue weighted by atomic mass is 35.5. The van der Waals surface area contributed by atoms with Gasteiger partial charge < -0.3 is 20.3 Å². The highest BCUT2D eigenvalue weighted by molar-refractivity contribution is 7.18. The zero-order valence-corrected chi connectivity index (χ0v) is 20.8. The molecule has 0 aliphatic heterocycles. The summed E-state index contributed by atoms with van der Waals surface area (Å²) >= 11 is 20.1. The molecule has 2 aromatic carbocycles. The molecular weight excluding hydrogens is 523 g/mol. The lowest BCUT2D eigenvalue weighted by Crippen LogP contribution is -2.31. The fourth-order valence-electron chi connectivity index (χ4n) is 2.53. The predicted octanol–water partition coefficient (Wildman–Crippen LogP) is 5.88. The van der Waals surface area contributed by atoms with E-state index in [9.17, 15) is 4.39 Å². The number of hydrogen-bond acceptors (Lipinski definition) is 7. The molecule has 6 nitrogen and oxygen atoms in total. The van der Waals surface area contributed by atoms with E-state index in [4.69, 9.17) is 55.1 Å². The fourth-order valence-corrected chi connectivity index (χ4v) is 4.27. The quantitative estimate of drug-likeness (QED) is 0.369. The number of ether oxygens (including phenoxy) is 2. The van der Waals surface area contributed by atoms with Crippen molar-refractivity contribution in [2.75, 3.05) is 13.2 Å². The maximum atomic E-state index is 14.5. The number of hydrogen-bond donors (Lipinski definition) is 2. The lowest BCUT2D eigenvalue weighted by molar-refractivity contribution is 0.202. The van der Waals surface area contributed by atoms with Gasteiger partial charge in [0, 0.05) is 17.2 Å². The number of aliphatic hydroxyl groups is 1. The summed E-state index contributed by atoms with van der Waals surface area (Å²) in [5.74, 6) is -0.308. The SMILES string of the molecule is CC(C)Oc1c(Cl)cc(-c2nnc(-c3cc(F)c(OC[C@H](N)CO)cc3Cl)s2)cc1Cl.Cl. The van der Waals surface area contributed by atoms with Gasteiger partial charge in [0.05, 0.1) is 33.8 Å². The third-order valence-corrected chi connectivity index (χ3v) is 5.84. The standard InChI is InChI=1S/C20H19Cl3FN3O3S.ClH/c1-9(2)30-18-14(22)3-10(4-15(18)23)19-26-27-20(31-19)12-5-16(24)17(6-13(12)21)29-8-11(25)7-28;/h3-6,9,11,28H,7-8,25H2,1-2H3;1H/t11-;/m1./s1. The third kappa shape index (κ3) is 6.35. The summed E-state index contributed by atoms with van der Waals surface area (Å²) in [6.07, 6.45) is -0.0858. The fraction of sp³-hybridized carbons (Fsp3) is 0.300. The Kier molecular flexibility index (Phi) is 9.78. The number of nitrogens with zero attached hydrogens (tertiary/aromatic N) is 2. The minimum Gasteiger partial charge on any atom is -0.489 e. The molecule has 0 amide bonds. The average molecular weight is 543 g/mol. The van der Waals surface area contributed by atoms with Gasteiger partial charge >= 0.3 is 0 Å². The Morgan fingerprint density at radius 1 is 1.06 bits per heavy atom. The summed E-state index contributed by atoms with van der Waals surface area (Å²) in [6, 6.07) is 5.28. The maximum absolute atomic E-state index is 14.5. The van der Waals surface area contributed by atoms with Crippen LogP contribution in [0.4, 0.5) is 4.39 Å². The van der Waals surface area contributed by atoms with Crippen molar-refractivity contribution in [1.29, 1.82) is 0 Å². The van der Waals surface area contributed by atoms with Gasteiger partial charge in [0.15, 0.2) is 17.3 Å². The zero-order valence-electron chi connectivity index (χ0n) is 16.9. The van der Waals surface area contributed by atoms with Gasteiger partial charge in [-0.15, -0.1) is 22.6 Å². The highest BCUT2D eigenvalue weighted by Gasteiger charge is 2.18. The number of aromatic nitrogens is 2. The van der Waals surface area contributed by atoms with Crippen molar-refractivity contribution >= 4 is 58.5 Å². The van der Waals surface area contributed by atoms with Gasteiger partial charge in [0.25, 0.3) is 0 Å². The number of nitrogens with two attached hydrogens (primary N) is 1. The molecule has 3 rings (SSSR count). The van der Waals surface area contributed by atoms with E-state index in [-0.39, 0.29) is 42.5 Å². The molecule has 1 atom stereocenters. The van der Waals surface area contributed by atoms with Crippen LogP contribution in [0.1, 0.15) is 13.8 Å². The lowest BCUT2D eigenvalue weighted by Gasteiger charge is -2.13. The molecule has 0 unspecified atom stereocenters. The minimum atomic E-state index is -0.637. The highest BCUT2D eigenvalue weighted by Crippen LogP contribution is 2.41. The average Bonchev–Trinajstić information content (AvgIpc) is 3.20. The van der Waals surface area contributed by atoms with Crippen LogP contribution in [-0.4, -0.2) is 40.7 Å². The van der Waals surface area contributed by atoms with E-state index >= 15 is 0 Å². The van der Waals surface area contributed by atoms with Crippen LogP contribution in [0.25, 0.3) is 21.1 Å². The van der Waals surface area contributed by atoms with Crippen LogP contribution in [0.5, 0.6) is 11.5 Å². The van der Waals surface area contributed by atoms with E-state index in [0.717, 1.165) is 0 Å². The van der Waals surface area contributed by atoms with Gasteiger partial charge in [-0.05, 0) is 32.0 Å². The van der Waals surface area contributed by atoms with E-state index < -0.39 is 11.9 Å². The van der Waals surface area contributed by atoms with Crippen molar-refractivity contribution in [3.63, 3.8) is 0 Å². The van der Waals surface area contributed by atoms with Gasteiger partial charge in [-0.25, -0.2) is 4.39 Å². The van der Waals surface area contributed by atoms with Crippen molar-refractivity contribution in [1.82, 2.24) is 10.2 Å². The molecular formula is C20H20Cl4FN3O3S. The van der Waals surface area contributed by atoms with Gasteiger partial charge in [0.1, 0.15) is 16.6 Å². The summed E-state index contributed by atoms with van der Waals surface area (Å²) in [5, 5.41) is 19.1. The molecule has 0 radical (unpaired) electrons. The molecule has 12 heteroatoms. The van der Waals surface area contributed by atoms with Crippen LogP contribution in [-0.2, 0) is 0 Å². The zero-order chi connectivity index (χ0) is 22.7. The first kappa shape index (κ1) is 26.9. The van der Waals surface area contributed by atoms with Crippen molar-refractivity contribution in [3.8, 4) is 32.6 Å². The van der Waals surface area contributed by atoms with Crippen LogP contribution in [0.15, 0.2) is 24.3 Å². The Hall–Kier alpha value is -1.39. The molecule has 3 N–H and O–H groups in total. The summed E-state index contributed by atoms with van der Waals surface area (Å²) in [6.45, 7) is 3.42. The summed E-state index contributed by atoms with van der Waals surface area (Å²) in [5.41, 5.74) is 6.57. The first-order valence-corrected chi connectivity index (χ1v) is 11.1. The normalized spacial score (nSPS) is 11.9. The van der Waals surface area contributed by atoms with Crippen molar-refractivity contribution in [2.45, 2.75) is 26.0 Å². The van der Waals surface area contributed by atoms with Crippen molar-refractivity contribution in [2.24, 2.45) is 5.73 Å². The van der Waals surface area contributed by atoms with Crippen molar-refractivity contribution < 1.29 is 19.0 Å². The van der Waals surface area contributed by atoms with Crippen molar-refractivity contribution in [3.05, 3.63) is 45.2 Å². The molecule has 0 spiro atoms. The van der Waals surface area contributed by atoms with E-state index in [0.29, 0.717) is 36.9 Å². The van der Waals surface area contributed by atoms with E-state index in [2.05, 4.69) is 10.2 Å². The molecule has 1 heterocycles. The van der Waals surface area contributed by atoms with Crippen LogP contribution in [0, 0.1) is 5.82 Å².